The number of hydrogen-bond donors (Lipinski definition) is 0. The summed E-state index contributed by atoms with van der Waals surface area (Å²) in [6, 6.07) is 34.6. The van der Waals surface area contributed by atoms with Crippen LogP contribution in [0.15, 0.2) is 147 Å². The number of nitrogens with zero attached hydrogens (tertiary/aromatic N) is 2. The molecule has 2 heteroatoms. The van der Waals surface area contributed by atoms with E-state index in [9.17, 15) is 0 Å². The van der Waals surface area contributed by atoms with Crippen molar-refractivity contribution in [2.75, 3.05) is 9.80 Å². The first-order valence-corrected chi connectivity index (χ1v) is 13.0. The Kier molecular flexibility index (Phi) is 8.67. The molecule has 6 rings (SSSR count). The summed E-state index contributed by atoms with van der Waals surface area (Å²) in [5.74, 6) is 2.19. The lowest BCUT2D eigenvalue weighted by Crippen LogP contribution is -2.10. The molecule has 0 saturated heterocycles. The van der Waals surface area contributed by atoms with Crippen molar-refractivity contribution in [1.82, 2.24) is 0 Å². The minimum Gasteiger partial charge on any atom is -0.314 e. The minimum atomic E-state index is 0.907. The van der Waals surface area contributed by atoms with Crippen LogP contribution in [0.4, 0.5) is 22.7 Å². The standard InChI is InChI=1S/C30H24N2.C4H4.C3H6/c1-21-19-25-7-3-5-9-29(25)31(21)27-15-11-23(12-16-27)24-13-17-28(18-14-24)32-22(2)20-26-8-4-6-10-30(26)32;1-3-4-2;1-3-2/h3-18H,1-2,19-20H2;1,4H,2H2;3H,1H2,2H3. The highest BCUT2D eigenvalue weighted by atomic mass is 15.2. The Labute approximate surface area is 233 Å². The third-order valence-corrected chi connectivity index (χ3v) is 6.59. The molecule has 0 fully saturated rings. The molecule has 0 atom stereocenters. The van der Waals surface area contributed by atoms with Gasteiger partial charge < -0.3 is 9.80 Å². The zero-order chi connectivity index (χ0) is 27.8. The summed E-state index contributed by atoms with van der Waals surface area (Å²) in [6.07, 6.45) is 9.63. The zero-order valence-corrected chi connectivity index (χ0v) is 22.6. The fraction of sp³-hybridized carbons (Fsp3) is 0.0811. The Morgan fingerprint density at radius 3 is 1.31 bits per heavy atom. The number of allylic oxidation sites excluding steroid dienone is 4. The predicted molar refractivity (Wildman–Crippen MR) is 170 cm³/mol. The molecular weight excluding hydrogens is 472 g/mol. The van der Waals surface area contributed by atoms with E-state index in [0.717, 1.165) is 35.6 Å². The van der Waals surface area contributed by atoms with Crippen molar-refractivity contribution in [1.29, 1.82) is 0 Å². The summed E-state index contributed by atoms with van der Waals surface area (Å²) < 4.78 is 0. The van der Waals surface area contributed by atoms with Gasteiger partial charge in [-0.05, 0) is 71.7 Å². The van der Waals surface area contributed by atoms with Crippen LogP contribution < -0.4 is 9.80 Å². The summed E-state index contributed by atoms with van der Waals surface area (Å²) >= 11 is 0. The molecule has 2 aliphatic heterocycles. The molecule has 0 aliphatic carbocycles. The largest absolute Gasteiger partial charge is 0.314 e. The van der Waals surface area contributed by atoms with Gasteiger partial charge in [-0.1, -0.05) is 92.4 Å². The van der Waals surface area contributed by atoms with Crippen LogP contribution in [-0.2, 0) is 12.8 Å². The maximum absolute atomic E-state index is 4.66. The molecule has 0 N–H and O–H groups in total. The lowest BCUT2D eigenvalue weighted by molar-refractivity contribution is 1.16. The van der Waals surface area contributed by atoms with E-state index < -0.39 is 0 Å². The van der Waals surface area contributed by atoms with Crippen LogP contribution in [0.3, 0.4) is 0 Å². The van der Waals surface area contributed by atoms with E-state index in [1.165, 1.54) is 39.7 Å². The van der Waals surface area contributed by atoms with Crippen molar-refractivity contribution in [3.8, 4) is 23.5 Å². The molecule has 0 aromatic heterocycles. The number of para-hydroxylation sites is 2. The Morgan fingerprint density at radius 2 is 0.974 bits per heavy atom. The van der Waals surface area contributed by atoms with Gasteiger partial charge in [0.15, 0.2) is 0 Å². The molecule has 192 valence electrons. The lowest BCUT2D eigenvalue weighted by atomic mass is 10.0. The maximum atomic E-state index is 4.66. The van der Waals surface area contributed by atoms with Crippen molar-refractivity contribution in [3.63, 3.8) is 0 Å². The molecule has 4 aromatic rings. The van der Waals surface area contributed by atoms with Crippen LogP contribution >= 0.6 is 0 Å². The van der Waals surface area contributed by atoms with Crippen LogP contribution in [0.1, 0.15) is 18.1 Å². The fourth-order valence-electron chi connectivity index (χ4n) is 4.94. The van der Waals surface area contributed by atoms with E-state index >= 15 is 0 Å². The van der Waals surface area contributed by atoms with Crippen LogP contribution in [-0.4, -0.2) is 0 Å². The van der Waals surface area contributed by atoms with Gasteiger partial charge in [0.05, 0.1) is 0 Å². The van der Waals surface area contributed by atoms with Gasteiger partial charge in [0.2, 0.25) is 0 Å². The van der Waals surface area contributed by atoms with Gasteiger partial charge in [-0.2, -0.15) is 0 Å². The fourth-order valence-corrected chi connectivity index (χ4v) is 4.94. The second-order valence-corrected chi connectivity index (χ2v) is 9.29. The van der Waals surface area contributed by atoms with Gasteiger partial charge >= 0.3 is 0 Å². The Balaban J connectivity index is 0.000000456. The van der Waals surface area contributed by atoms with Gasteiger partial charge in [-0.15, -0.1) is 13.0 Å². The van der Waals surface area contributed by atoms with E-state index in [4.69, 9.17) is 0 Å². The van der Waals surface area contributed by atoms with Gasteiger partial charge in [-0.3, -0.25) is 0 Å². The molecule has 4 aromatic carbocycles. The molecular formula is C37H34N2. The number of benzene rings is 4. The second kappa shape index (κ2) is 12.5. The molecule has 0 bridgehead atoms. The highest BCUT2D eigenvalue weighted by Gasteiger charge is 2.24. The van der Waals surface area contributed by atoms with Crippen LogP contribution in [0, 0.1) is 12.3 Å². The monoisotopic (exact) mass is 506 g/mol. The number of hydrogen-bond acceptors (Lipinski definition) is 2. The van der Waals surface area contributed by atoms with Crippen molar-refractivity contribution in [2.45, 2.75) is 19.8 Å². The first-order chi connectivity index (χ1) is 19.0. The Morgan fingerprint density at radius 1 is 0.641 bits per heavy atom. The van der Waals surface area contributed by atoms with E-state index in [1.807, 2.05) is 6.92 Å². The normalized spacial score (nSPS) is 12.7. The third-order valence-electron chi connectivity index (χ3n) is 6.59. The van der Waals surface area contributed by atoms with E-state index in [1.54, 1.807) is 6.08 Å². The molecule has 0 radical (unpaired) electrons. The molecule has 2 nitrogen and oxygen atoms in total. The van der Waals surface area contributed by atoms with E-state index in [2.05, 4.69) is 146 Å². The topological polar surface area (TPSA) is 6.48 Å². The maximum Gasteiger partial charge on any atom is 0.0494 e. The first-order valence-electron chi connectivity index (χ1n) is 13.0. The van der Waals surface area contributed by atoms with Crippen molar-refractivity contribution < 1.29 is 0 Å². The number of terminal acetylenes is 1. The average Bonchev–Trinajstić information content (AvgIpc) is 3.49. The minimum absolute atomic E-state index is 0.907. The number of rotatable bonds is 3. The Bertz CT molecular complexity index is 1420. The Hall–Kier alpha value is -5.00. The van der Waals surface area contributed by atoms with Crippen LogP contribution in [0.5, 0.6) is 0 Å². The van der Waals surface area contributed by atoms with E-state index in [0.29, 0.717) is 0 Å². The molecule has 0 unspecified atom stereocenters. The van der Waals surface area contributed by atoms with Gasteiger partial charge in [0.1, 0.15) is 0 Å². The molecule has 2 aliphatic rings. The molecule has 39 heavy (non-hydrogen) atoms. The highest BCUT2D eigenvalue weighted by Crippen LogP contribution is 2.41. The summed E-state index contributed by atoms with van der Waals surface area (Å²) in [5.41, 5.74) is 12.1. The summed E-state index contributed by atoms with van der Waals surface area (Å²) in [5, 5.41) is 0. The quantitative estimate of drug-likeness (QED) is 0.201. The molecule has 0 spiro atoms. The van der Waals surface area contributed by atoms with Crippen molar-refractivity contribution >= 4 is 22.7 Å². The average molecular weight is 507 g/mol. The SMILES string of the molecule is C#CC=C.C=C1Cc2ccccc2N1c1ccc(-c2ccc(N3C(=C)Cc4ccccc43)cc2)cc1.C=CC. The lowest BCUT2D eigenvalue weighted by Gasteiger charge is -2.22. The van der Waals surface area contributed by atoms with Gasteiger partial charge in [0.25, 0.3) is 0 Å². The smallest absolute Gasteiger partial charge is 0.0494 e. The summed E-state index contributed by atoms with van der Waals surface area (Å²) in [4.78, 5) is 4.53. The second-order valence-electron chi connectivity index (χ2n) is 9.29. The summed E-state index contributed by atoms with van der Waals surface area (Å²) in [6.45, 7) is 17.1. The van der Waals surface area contributed by atoms with Crippen LogP contribution in [0.2, 0.25) is 0 Å². The third kappa shape index (κ3) is 5.79. The molecule has 0 amide bonds. The van der Waals surface area contributed by atoms with Gasteiger partial charge in [-0.25, -0.2) is 0 Å². The molecule has 2 heterocycles. The summed E-state index contributed by atoms with van der Waals surface area (Å²) in [7, 11) is 0. The number of anilines is 4. The van der Waals surface area contributed by atoms with Crippen molar-refractivity contribution in [3.05, 3.63) is 158 Å². The predicted octanol–water partition coefficient (Wildman–Crippen LogP) is 9.77. The van der Waals surface area contributed by atoms with Gasteiger partial charge in [0, 0.05) is 47.0 Å². The first kappa shape index (κ1) is 27.0. The van der Waals surface area contributed by atoms with Crippen molar-refractivity contribution in [2.24, 2.45) is 0 Å². The molecule has 0 saturated carbocycles. The van der Waals surface area contributed by atoms with Crippen LogP contribution in [0.25, 0.3) is 11.1 Å². The van der Waals surface area contributed by atoms with E-state index in [-0.39, 0.29) is 0 Å². The number of fused-ring (bicyclic) bond motifs is 2. The zero-order valence-electron chi connectivity index (χ0n) is 22.6. The highest BCUT2D eigenvalue weighted by molar-refractivity contribution is 5.79.